The lowest BCUT2D eigenvalue weighted by molar-refractivity contribution is -0.116. The summed E-state index contributed by atoms with van der Waals surface area (Å²) in [6.07, 6.45) is 3.98. The monoisotopic (exact) mass is 279 g/mol. The number of rotatable bonds is 3. The minimum absolute atomic E-state index is 0.0170. The quantitative estimate of drug-likeness (QED) is 0.936. The zero-order valence-corrected chi connectivity index (χ0v) is 11.6. The van der Waals surface area contributed by atoms with E-state index in [9.17, 15) is 9.90 Å². The molecule has 0 saturated carbocycles. The van der Waals surface area contributed by atoms with Crippen molar-refractivity contribution in [3.63, 3.8) is 0 Å². The molecule has 3 nitrogen and oxygen atoms in total. The summed E-state index contributed by atoms with van der Waals surface area (Å²) in [7, 11) is 0. The van der Waals surface area contributed by atoms with Gasteiger partial charge in [0.1, 0.15) is 5.75 Å². The number of carbonyl (C=O) groups excluding carboxylic acids is 1. The molecule has 1 unspecified atom stereocenters. The third-order valence-corrected chi connectivity index (χ3v) is 3.73. The standard InChI is InChI=1S/C18H17NO2/c20-16-8-6-15(7-9-16)18-12-17(21)10-11-19(18)13-14-4-2-1-3-5-14/h1-11,18,20H,12-13H2. The number of phenolic OH excluding ortho intramolecular Hbond substituents is 1. The molecule has 3 rings (SSSR count). The maximum Gasteiger partial charge on any atom is 0.159 e. The first-order valence-corrected chi connectivity index (χ1v) is 7.02. The maximum absolute atomic E-state index is 11.7. The number of aromatic hydroxyl groups is 1. The van der Waals surface area contributed by atoms with Crippen LogP contribution >= 0.6 is 0 Å². The van der Waals surface area contributed by atoms with Crippen LogP contribution in [0.1, 0.15) is 23.6 Å². The highest BCUT2D eigenvalue weighted by Gasteiger charge is 2.24. The van der Waals surface area contributed by atoms with Gasteiger partial charge in [0.05, 0.1) is 6.04 Å². The molecule has 0 aliphatic carbocycles. The van der Waals surface area contributed by atoms with E-state index >= 15 is 0 Å². The Balaban J connectivity index is 1.87. The fourth-order valence-electron chi connectivity index (χ4n) is 2.62. The fraction of sp³-hybridized carbons (Fsp3) is 0.167. The molecule has 2 aromatic rings. The third kappa shape index (κ3) is 3.14. The van der Waals surface area contributed by atoms with E-state index in [1.54, 1.807) is 18.2 Å². The molecule has 1 aliphatic rings. The predicted molar refractivity (Wildman–Crippen MR) is 81.6 cm³/mol. The average Bonchev–Trinajstić information content (AvgIpc) is 2.51. The number of allylic oxidation sites excluding steroid dienone is 1. The predicted octanol–water partition coefficient (Wildman–Crippen LogP) is 3.42. The summed E-state index contributed by atoms with van der Waals surface area (Å²) in [5, 5.41) is 9.41. The van der Waals surface area contributed by atoms with Crippen LogP contribution in [0, 0.1) is 0 Å². The summed E-state index contributed by atoms with van der Waals surface area (Å²) in [5.41, 5.74) is 2.25. The van der Waals surface area contributed by atoms with Crippen molar-refractivity contribution in [2.75, 3.05) is 0 Å². The van der Waals surface area contributed by atoms with Gasteiger partial charge in [-0.15, -0.1) is 0 Å². The van der Waals surface area contributed by atoms with Gasteiger partial charge in [-0.2, -0.15) is 0 Å². The van der Waals surface area contributed by atoms with E-state index in [2.05, 4.69) is 17.0 Å². The molecule has 3 heteroatoms. The number of carbonyl (C=O) groups is 1. The largest absolute Gasteiger partial charge is 0.508 e. The topological polar surface area (TPSA) is 40.5 Å². The van der Waals surface area contributed by atoms with Crippen molar-refractivity contribution >= 4 is 5.78 Å². The lowest BCUT2D eigenvalue weighted by Crippen LogP contribution is -2.28. The zero-order valence-electron chi connectivity index (χ0n) is 11.6. The van der Waals surface area contributed by atoms with Gasteiger partial charge in [-0.3, -0.25) is 4.79 Å². The Labute approximate surface area is 124 Å². The number of phenols is 1. The molecule has 2 aromatic carbocycles. The normalized spacial score (nSPS) is 18.0. The van der Waals surface area contributed by atoms with Crippen LogP contribution in [0.3, 0.4) is 0 Å². The fourth-order valence-corrected chi connectivity index (χ4v) is 2.62. The van der Waals surface area contributed by atoms with Gasteiger partial charge in [-0.1, -0.05) is 42.5 Å². The van der Waals surface area contributed by atoms with E-state index in [1.807, 2.05) is 36.5 Å². The Morgan fingerprint density at radius 2 is 1.76 bits per heavy atom. The second-order valence-electron chi connectivity index (χ2n) is 5.25. The van der Waals surface area contributed by atoms with Gasteiger partial charge >= 0.3 is 0 Å². The molecule has 1 heterocycles. The van der Waals surface area contributed by atoms with Crippen molar-refractivity contribution < 1.29 is 9.90 Å². The van der Waals surface area contributed by atoms with Gasteiger partial charge in [-0.25, -0.2) is 0 Å². The first kappa shape index (κ1) is 13.4. The molecule has 0 saturated heterocycles. The van der Waals surface area contributed by atoms with E-state index in [1.165, 1.54) is 5.56 Å². The van der Waals surface area contributed by atoms with Crippen molar-refractivity contribution in [3.05, 3.63) is 78.0 Å². The van der Waals surface area contributed by atoms with Gasteiger partial charge in [0.25, 0.3) is 0 Å². The van der Waals surface area contributed by atoms with Crippen molar-refractivity contribution in [2.45, 2.75) is 19.0 Å². The van der Waals surface area contributed by atoms with E-state index < -0.39 is 0 Å². The lowest BCUT2D eigenvalue weighted by atomic mass is 9.96. The molecule has 0 amide bonds. The van der Waals surface area contributed by atoms with E-state index in [0.29, 0.717) is 6.42 Å². The molecule has 21 heavy (non-hydrogen) atoms. The molecule has 0 spiro atoms. The van der Waals surface area contributed by atoms with Crippen LogP contribution in [-0.2, 0) is 11.3 Å². The van der Waals surface area contributed by atoms with Crippen LogP contribution in [-0.4, -0.2) is 15.8 Å². The van der Waals surface area contributed by atoms with Gasteiger partial charge < -0.3 is 10.0 Å². The Hall–Kier alpha value is -2.55. The molecule has 0 fully saturated rings. The Morgan fingerprint density at radius 3 is 2.48 bits per heavy atom. The molecule has 0 aromatic heterocycles. The minimum atomic E-state index is 0.0170. The number of nitrogens with zero attached hydrogens (tertiary/aromatic N) is 1. The van der Waals surface area contributed by atoms with Crippen LogP contribution in [0.5, 0.6) is 5.75 Å². The smallest absolute Gasteiger partial charge is 0.159 e. The zero-order chi connectivity index (χ0) is 14.7. The van der Waals surface area contributed by atoms with Crippen molar-refractivity contribution in [2.24, 2.45) is 0 Å². The lowest BCUT2D eigenvalue weighted by Gasteiger charge is -2.33. The summed E-state index contributed by atoms with van der Waals surface area (Å²) in [6.45, 7) is 0.760. The maximum atomic E-state index is 11.7. The van der Waals surface area contributed by atoms with Crippen molar-refractivity contribution in [1.82, 2.24) is 4.90 Å². The number of hydrogen-bond donors (Lipinski definition) is 1. The first-order valence-electron chi connectivity index (χ1n) is 7.02. The summed E-state index contributed by atoms with van der Waals surface area (Å²) < 4.78 is 0. The van der Waals surface area contributed by atoms with Gasteiger partial charge in [-0.05, 0) is 29.3 Å². The van der Waals surface area contributed by atoms with Gasteiger partial charge in [0.15, 0.2) is 5.78 Å². The Bertz CT molecular complexity index is 647. The Morgan fingerprint density at radius 1 is 1.05 bits per heavy atom. The van der Waals surface area contributed by atoms with Crippen LogP contribution < -0.4 is 0 Å². The Kier molecular flexibility index (Phi) is 3.73. The summed E-state index contributed by atoms with van der Waals surface area (Å²) >= 11 is 0. The van der Waals surface area contributed by atoms with Crippen molar-refractivity contribution in [1.29, 1.82) is 0 Å². The summed E-state index contributed by atoms with van der Waals surface area (Å²) in [5.74, 6) is 0.378. The van der Waals surface area contributed by atoms with Crippen LogP contribution in [0.25, 0.3) is 0 Å². The highest BCUT2D eigenvalue weighted by atomic mass is 16.3. The second kappa shape index (κ2) is 5.83. The highest BCUT2D eigenvalue weighted by molar-refractivity contribution is 5.90. The van der Waals surface area contributed by atoms with Crippen LogP contribution in [0.15, 0.2) is 66.9 Å². The molecular formula is C18H17NO2. The summed E-state index contributed by atoms with van der Waals surface area (Å²) in [6, 6.07) is 17.3. The molecule has 1 N–H and O–H groups in total. The van der Waals surface area contributed by atoms with Crippen LogP contribution in [0.4, 0.5) is 0 Å². The molecular weight excluding hydrogens is 262 g/mol. The number of ketones is 1. The first-order chi connectivity index (χ1) is 10.2. The highest BCUT2D eigenvalue weighted by Crippen LogP contribution is 2.30. The third-order valence-electron chi connectivity index (χ3n) is 3.73. The summed E-state index contributed by atoms with van der Waals surface area (Å²) in [4.78, 5) is 13.9. The minimum Gasteiger partial charge on any atom is -0.508 e. The van der Waals surface area contributed by atoms with E-state index in [-0.39, 0.29) is 17.6 Å². The van der Waals surface area contributed by atoms with E-state index in [4.69, 9.17) is 0 Å². The number of benzene rings is 2. The SMILES string of the molecule is O=C1C=CN(Cc2ccccc2)C(c2ccc(O)cc2)C1. The molecule has 1 aliphatic heterocycles. The van der Waals surface area contributed by atoms with Crippen molar-refractivity contribution in [3.8, 4) is 5.75 Å². The molecule has 0 radical (unpaired) electrons. The van der Waals surface area contributed by atoms with Crippen LogP contribution in [0.2, 0.25) is 0 Å². The number of hydrogen-bond acceptors (Lipinski definition) is 3. The average molecular weight is 279 g/mol. The second-order valence-corrected chi connectivity index (χ2v) is 5.25. The van der Waals surface area contributed by atoms with Gasteiger partial charge in [0.2, 0.25) is 0 Å². The van der Waals surface area contributed by atoms with Gasteiger partial charge in [0, 0.05) is 19.2 Å². The van der Waals surface area contributed by atoms with E-state index in [0.717, 1.165) is 12.1 Å². The molecule has 1 atom stereocenters. The molecule has 106 valence electrons. The molecule has 0 bridgehead atoms.